The third-order valence-electron chi connectivity index (χ3n) is 1.92. The average Bonchev–Trinajstić information content (AvgIpc) is 2.29. The average molecular weight is 260 g/mol. The van der Waals surface area contributed by atoms with Crippen LogP contribution in [0.3, 0.4) is 0 Å². The van der Waals surface area contributed by atoms with Crippen molar-refractivity contribution in [3.63, 3.8) is 0 Å². The lowest BCUT2D eigenvalue weighted by Gasteiger charge is -2.11. The van der Waals surface area contributed by atoms with E-state index in [9.17, 15) is 13.2 Å². The van der Waals surface area contributed by atoms with Crippen LogP contribution in [0.4, 0.5) is 18.9 Å². The third-order valence-corrected chi connectivity index (χ3v) is 1.92. The first-order valence-electron chi connectivity index (χ1n) is 4.43. The van der Waals surface area contributed by atoms with Crippen LogP contribution in [0.5, 0.6) is 0 Å². The van der Waals surface area contributed by atoms with Crippen molar-refractivity contribution in [1.29, 1.82) is 5.26 Å². The molecule has 0 spiro atoms. The van der Waals surface area contributed by atoms with E-state index in [0.717, 1.165) is 6.07 Å². The van der Waals surface area contributed by atoms with Crippen molar-refractivity contribution in [2.75, 3.05) is 6.26 Å². The first kappa shape index (κ1) is 15.5. The Hall–Kier alpha value is -1.48. The number of nitrogens with zero attached hydrogens (tertiary/aromatic N) is 2. The number of benzene rings is 1. The van der Waals surface area contributed by atoms with Crippen LogP contribution in [-0.4, -0.2) is 13.0 Å². The van der Waals surface area contributed by atoms with Crippen molar-refractivity contribution < 1.29 is 13.2 Å². The Morgan fingerprint density at radius 3 is 2.24 bits per heavy atom. The summed E-state index contributed by atoms with van der Waals surface area (Å²) in [6.07, 6.45) is -2.85. The molecule has 0 heterocycles. The molecule has 0 bridgehead atoms. The number of aryl methyl sites for hydroxylation is 1. The largest absolute Gasteiger partial charge is 0.417 e. The highest BCUT2D eigenvalue weighted by Crippen LogP contribution is 2.35. The van der Waals surface area contributed by atoms with E-state index in [4.69, 9.17) is 5.26 Å². The molecule has 6 heteroatoms. The van der Waals surface area contributed by atoms with E-state index in [2.05, 4.69) is 24.3 Å². The fraction of sp³-hybridized carbons (Fsp3) is 0.273. The van der Waals surface area contributed by atoms with Gasteiger partial charge in [-0.1, -0.05) is 0 Å². The van der Waals surface area contributed by atoms with Gasteiger partial charge < -0.3 is 0 Å². The number of hydrogen-bond acceptors (Lipinski definition) is 3. The second-order valence-corrected chi connectivity index (χ2v) is 2.95. The topological polar surface area (TPSA) is 36.1 Å². The highest BCUT2D eigenvalue weighted by molar-refractivity contribution is 7.79. The number of alkyl halides is 3. The molecule has 0 aliphatic rings. The summed E-state index contributed by atoms with van der Waals surface area (Å²) < 4.78 is 37.6. The molecule has 0 saturated carbocycles. The van der Waals surface area contributed by atoms with Gasteiger partial charge in [0.25, 0.3) is 0 Å². The number of nitriles is 1. The summed E-state index contributed by atoms with van der Waals surface area (Å²) in [4.78, 5) is 3.42. The molecule has 17 heavy (non-hydrogen) atoms. The molecule has 0 aliphatic carbocycles. The Kier molecular flexibility index (Phi) is 5.75. The van der Waals surface area contributed by atoms with E-state index in [-0.39, 0.29) is 16.8 Å². The molecule has 92 valence electrons. The summed E-state index contributed by atoms with van der Waals surface area (Å²) in [6, 6.07) is 3.75. The van der Waals surface area contributed by atoms with Gasteiger partial charge in [0.2, 0.25) is 0 Å². The van der Waals surface area contributed by atoms with Gasteiger partial charge in [-0.15, -0.1) is 0 Å². The van der Waals surface area contributed by atoms with Crippen LogP contribution in [0.2, 0.25) is 0 Å². The van der Waals surface area contributed by atoms with Crippen molar-refractivity contribution in [2.24, 2.45) is 4.99 Å². The molecule has 0 radical (unpaired) electrons. The lowest BCUT2D eigenvalue weighted by molar-refractivity contribution is -0.137. The van der Waals surface area contributed by atoms with E-state index in [1.165, 1.54) is 19.1 Å². The normalized spacial score (nSPS) is 9.94. The van der Waals surface area contributed by atoms with E-state index in [1.54, 1.807) is 6.26 Å². The van der Waals surface area contributed by atoms with Crippen LogP contribution in [0.25, 0.3) is 0 Å². The molecule has 0 aliphatic heterocycles. The number of rotatable bonds is 1. The summed E-state index contributed by atoms with van der Waals surface area (Å²) in [5.41, 5.74) is -0.976. The molecule has 0 aromatic heterocycles. The fourth-order valence-corrected chi connectivity index (χ4v) is 1.23. The van der Waals surface area contributed by atoms with Gasteiger partial charge in [-0.25, -0.2) is 0 Å². The van der Waals surface area contributed by atoms with Gasteiger partial charge in [0.15, 0.2) is 0 Å². The monoisotopic (exact) mass is 260 g/mol. The Balaban J connectivity index is 0.00000121. The smallest absolute Gasteiger partial charge is 0.265 e. The van der Waals surface area contributed by atoms with Gasteiger partial charge in [0.1, 0.15) is 6.07 Å². The molecule has 1 rings (SSSR count). The highest BCUT2D eigenvalue weighted by atomic mass is 32.1. The van der Waals surface area contributed by atoms with E-state index < -0.39 is 11.7 Å². The predicted molar refractivity (Wildman–Crippen MR) is 65.0 cm³/mol. The number of halogens is 3. The van der Waals surface area contributed by atoms with Crippen LogP contribution in [0.15, 0.2) is 17.1 Å². The molecule has 0 fully saturated rings. The fourth-order valence-electron chi connectivity index (χ4n) is 1.23. The maximum absolute atomic E-state index is 12.5. The van der Waals surface area contributed by atoms with Crippen molar-refractivity contribution in [3.8, 4) is 6.07 Å². The molecule has 0 N–H and O–H groups in total. The highest BCUT2D eigenvalue weighted by Gasteiger charge is 2.34. The summed E-state index contributed by atoms with van der Waals surface area (Å²) in [5, 5.41) is 8.63. The van der Waals surface area contributed by atoms with Crippen LogP contribution < -0.4 is 0 Å². The van der Waals surface area contributed by atoms with Crippen molar-refractivity contribution in [3.05, 3.63) is 28.8 Å². The van der Waals surface area contributed by atoms with Gasteiger partial charge in [-0.2, -0.15) is 31.1 Å². The van der Waals surface area contributed by atoms with Crippen LogP contribution >= 0.6 is 12.6 Å². The Morgan fingerprint density at radius 2 is 1.88 bits per heavy atom. The van der Waals surface area contributed by atoms with E-state index in [1.807, 2.05) is 0 Å². The molecule has 0 atom stereocenters. The van der Waals surface area contributed by atoms with Crippen molar-refractivity contribution >= 4 is 25.0 Å². The number of aliphatic imine (C=N–C) groups is 1. The number of hydrogen-bond donors (Lipinski definition) is 1. The zero-order chi connectivity index (χ0) is 13.6. The van der Waals surface area contributed by atoms with Gasteiger partial charge >= 0.3 is 6.18 Å². The Morgan fingerprint density at radius 1 is 1.35 bits per heavy atom. The summed E-state index contributed by atoms with van der Waals surface area (Å²) in [6.45, 7) is 4.58. The lowest BCUT2D eigenvalue weighted by atomic mass is 10.0. The minimum Gasteiger partial charge on any atom is -0.265 e. The molecule has 0 saturated heterocycles. The van der Waals surface area contributed by atoms with Gasteiger partial charge in [0, 0.05) is 0 Å². The quantitative estimate of drug-likeness (QED) is 0.605. The summed E-state index contributed by atoms with van der Waals surface area (Å²) >= 11 is 3.53. The third kappa shape index (κ3) is 3.79. The summed E-state index contributed by atoms with van der Waals surface area (Å²) in [5.74, 6) is 0. The van der Waals surface area contributed by atoms with Gasteiger partial charge in [-0.3, -0.25) is 4.99 Å². The number of thiol groups is 1. The Labute approximate surface area is 103 Å². The molecule has 0 unspecified atom stereocenters. The Bertz CT molecular complexity index is 447. The first-order valence-corrected chi connectivity index (χ1v) is 5.33. The van der Waals surface area contributed by atoms with E-state index >= 15 is 0 Å². The minimum absolute atomic E-state index is 0.110. The van der Waals surface area contributed by atoms with Gasteiger partial charge in [-0.05, 0) is 37.6 Å². The second kappa shape index (κ2) is 6.30. The van der Waals surface area contributed by atoms with Crippen molar-refractivity contribution in [1.82, 2.24) is 0 Å². The zero-order valence-corrected chi connectivity index (χ0v) is 10.2. The molecular formula is C11H11F3N2S. The molecule has 2 nitrogen and oxygen atoms in total. The SMILES string of the molecule is C=Nc1cc(C)c(C#N)c(C(F)(F)F)c1.CS. The molecule has 1 aromatic rings. The molecular weight excluding hydrogens is 249 g/mol. The first-order chi connectivity index (χ1) is 7.90. The zero-order valence-electron chi connectivity index (χ0n) is 9.34. The predicted octanol–water partition coefficient (Wildman–Crippen LogP) is 3.76. The van der Waals surface area contributed by atoms with Gasteiger partial charge in [0.05, 0.1) is 16.8 Å². The molecule has 1 aromatic carbocycles. The second-order valence-electron chi connectivity index (χ2n) is 2.95. The lowest BCUT2D eigenvalue weighted by Crippen LogP contribution is -2.08. The maximum Gasteiger partial charge on any atom is 0.417 e. The van der Waals surface area contributed by atoms with Crippen LogP contribution in [0.1, 0.15) is 16.7 Å². The maximum atomic E-state index is 12.5. The molecule has 0 amide bonds. The standard InChI is InChI=1S/C10H7F3N2.CH4S/c1-6-3-7(15-2)4-9(8(6)5-14)10(11,12)13;1-2/h3-4H,2H2,1H3;2H,1H3. The van der Waals surface area contributed by atoms with Crippen molar-refractivity contribution in [2.45, 2.75) is 13.1 Å². The van der Waals surface area contributed by atoms with Crippen LogP contribution in [0, 0.1) is 18.3 Å². The van der Waals surface area contributed by atoms with Crippen LogP contribution in [-0.2, 0) is 6.18 Å². The summed E-state index contributed by atoms with van der Waals surface area (Å²) in [7, 11) is 0. The minimum atomic E-state index is -4.55. The van der Waals surface area contributed by atoms with E-state index in [0.29, 0.717) is 0 Å².